The Morgan fingerprint density at radius 3 is 3.00 bits per heavy atom. The molecule has 0 aliphatic carbocycles. The molecule has 4 nitrogen and oxygen atoms in total. The van der Waals surface area contributed by atoms with Crippen LogP contribution < -0.4 is 5.32 Å². The Morgan fingerprint density at radius 1 is 1.39 bits per heavy atom. The number of thioether (sulfide) groups is 1. The molecule has 2 heterocycles. The number of piperazine rings is 1. The number of hydrogen-bond donors (Lipinski definition) is 1. The summed E-state index contributed by atoms with van der Waals surface area (Å²) < 4.78 is 0. The third-order valence-corrected chi connectivity index (χ3v) is 4.58. The Balaban J connectivity index is 1.70. The Kier molecular flexibility index (Phi) is 2.99. The van der Waals surface area contributed by atoms with Crippen LogP contribution in [0.25, 0.3) is 0 Å². The van der Waals surface area contributed by atoms with E-state index in [0.717, 1.165) is 6.42 Å². The minimum absolute atomic E-state index is 0.0601. The highest BCUT2D eigenvalue weighted by atomic mass is 32.2. The number of carbonyl (C=O) groups is 2. The van der Waals surface area contributed by atoms with Crippen LogP contribution in [0.2, 0.25) is 0 Å². The summed E-state index contributed by atoms with van der Waals surface area (Å²) in [5, 5.41) is 2.67. The minimum Gasteiger partial charge on any atom is -0.353 e. The number of nitrogens with zero attached hydrogens (tertiary/aromatic N) is 1. The number of benzene rings is 1. The van der Waals surface area contributed by atoms with Gasteiger partial charge >= 0.3 is 0 Å². The lowest BCUT2D eigenvalue weighted by atomic mass is 10.1. The molecule has 1 atom stereocenters. The standard InChI is InChI=1S/C13H14N2O2S/c16-12-8-15(6-5-14-12)13(17)11-7-9-3-1-2-4-10(9)18-11/h1-4,11H,5-8H2,(H,14,16)/t11-/m1/s1. The second kappa shape index (κ2) is 4.65. The van der Waals surface area contributed by atoms with Gasteiger partial charge in [-0.05, 0) is 18.1 Å². The predicted octanol–water partition coefficient (Wildman–Crippen LogP) is 0.662. The molecule has 1 N–H and O–H groups in total. The number of carbonyl (C=O) groups excluding carboxylic acids is 2. The molecule has 1 saturated heterocycles. The third kappa shape index (κ3) is 2.10. The van der Waals surface area contributed by atoms with E-state index in [1.54, 1.807) is 16.7 Å². The van der Waals surface area contributed by atoms with Crippen molar-refractivity contribution in [1.82, 2.24) is 10.2 Å². The summed E-state index contributed by atoms with van der Waals surface area (Å²) in [5.41, 5.74) is 1.24. The zero-order chi connectivity index (χ0) is 12.5. The Labute approximate surface area is 110 Å². The van der Waals surface area contributed by atoms with Gasteiger partial charge in [-0.1, -0.05) is 18.2 Å². The molecule has 18 heavy (non-hydrogen) atoms. The second-order valence-electron chi connectivity index (χ2n) is 4.53. The highest BCUT2D eigenvalue weighted by Crippen LogP contribution is 2.37. The lowest BCUT2D eigenvalue weighted by Crippen LogP contribution is -2.52. The van der Waals surface area contributed by atoms with Crippen LogP contribution >= 0.6 is 11.8 Å². The van der Waals surface area contributed by atoms with Crippen LogP contribution in [0.5, 0.6) is 0 Å². The van der Waals surface area contributed by atoms with Crippen molar-refractivity contribution < 1.29 is 9.59 Å². The number of nitrogens with one attached hydrogen (secondary N) is 1. The summed E-state index contributed by atoms with van der Waals surface area (Å²) in [5.74, 6) is 0.0289. The quantitative estimate of drug-likeness (QED) is 0.809. The molecule has 94 valence electrons. The van der Waals surface area contributed by atoms with Crippen LogP contribution in [0.4, 0.5) is 0 Å². The Hall–Kier alpha value is -1.49. The number of rotatable bonds is 1. The van der Waals surface area contributed by atoms with Gasteiger partial charge in [-0.25, -0.2) is 0 Å². The minimum atomic E-state index is -0.0618. The van der Waals surface area contributed by atoms with Crippen LogP contribution in [-0.2, 0) is 16.0 Å². The van der Waals surface area contributed by atoms with Crippen molar-refractivity contribution >= 4 is 23.6 Å². The lowest BCUT2D eigenvalue weighted by Gasteiger charge is -2.28. The monoisotopic (exact) mass is 262 g/mol. The largest absolute Gasteiger partial charge is 0.353 e. The first-order valence-corrected chi connectivity index (χ1v) is 6.92. The van der Waals surface area contributed by atoms with Crippen LogP contribution in [0, 0.1) is 0 Å². The molecule has 2 aliphatic rings. The fourth-order valence-electron chi connectivity index (χ4n) is 2.35. The van der Waals surface area contributed by atoms with E-state index in [1.165, 1.54) is 10.5 Å². The average molecular weight is 262 g/mol. The average Bonchev–Trinajstić information content (AvgIpc) is 2.81. The molecule has 0 saturated carbocycles. The van der Waals surface area contributed by atoms with Crippen molar-refractivity contribution in [3.8, 4) is 0 Å². The van der Waals surface area contributed by atoms with E-state index in [9.17, 15) is 9.59 Å². The summed E-state index contributed by atoms with van der Waals surface area (Å²) in [7, 11) is 0. The normalized spacial score (nSPS) is 22.6. The summed E-state index contributed by atoms with van der Waals surface area (Å²) >= 11 is 1.62. The van der Waals surface area contributed by atoms with E-state index >= 15 is 0 Å². The molecule has 0 unspecified atom stereocenters. The van der Waals surface area contributed by atoms with Gasteiger partial charge in [0.2, 0.25) is 11.8 Å². The van der Waals surface area contributed by atoms with Gasteiger partial charge in [0.25, 0.3) is 0 Å². The topological polar surface area (TPSA) is 49.4 Å². The molecule has 0 radical (unpaired) electrons. The van der Waals surface area contributed by atoms with Gasteiger partial charge in [0.05, 0.1) is 11.8 Å². The van der Waals surface area contributed by atoms with Gasteiger partial charge in [-0.3, -0.25) is 9.59 Å². The maximum Gasteiger partial charge on any atom is 0.239 e. The first-order chi connectivity index (χ1) is 8.74. The molecule has 0 spiro atoms. The Morgan fingerprint density at radius 2 is 2.22 bits per heavy atom. The van der Waals surface area contributed by atoms with Crippen molar-refractivity contribution in [1.29, 1.82) is 0 Å². The van der Waals surface area contributed by atoms with E-state index in [-0.39, 0.29) is 23.6 Å². The lowest BCUT2D eigenvalue weighted by molar-refractivity contribution is -0.137. The fourth-order valence-corrected chi connectivity index (χ4v) is 3.63. The molecule has 1 fully saturated rings. The van der Waals surface area contributed by atoms with E-state index in [1.807, 2.05) is 12.1 Å². The van der Waals surface area contributed by atoms with E-state index in [4.69, 9.17) is 0 Å². The van der Waals surface area contributed by atoms with Crippen molar-refractivity contribution in [3.63, 3.8) is 0 Å². The molecule has 2 amide bonds. The third-order valence-electron chi connectivity index (χ3n) is 3.27. The highest BCUT2D eigenvalue weighted by molar-refractivity contribution is 8.01. The van der Waals surface area contributed by atoms with Gasteiger partial charge in [-0.2, -0.15) is 0 Å². The van der Waals surface area contributed by atoms with Crippen LogP contribution in [0.15, 0.2) is 29.2 Å². The SMILES string of the molecule is O=C1CN(C(=O)[C@H]2Cc3ccccc3S2)CCN1. The molecular formula is C13H14N2O2S. The van der Waals surface area contributed by atoms with Crippen LogP contribution in [-0.4, -0.2) is 41.6 Å². The van der Waals surface area contributed by atoms with Crippen molar-refractivity contribution in [2.24, 2.45) is 0 Å². The van der Waals surface area contributed by atoms with E-state index in [0.29, 0.717) is 13.1 Å². The highest BCUT2D eigenvalue weighted by Gasteiger charge is 2.32. The summed E-state index contributed by atoms with van der Waals surface area (Å²) in [6, 6.07) is 8.11. The van der Waals surface area contributed by atoms with Gasteiger partial charge in [0, 0.05) is 18.0 Å². The summed E-state index contributed by atoms with van der Waals surface area (Å²) in [4.78, 5) is 26.5. The number of fused-ring (bicyclic) bond motifs is 1. The zero-order valence-corrected chi connectivity index (χ0v) is 10.7. The van der Waals surface area contributed by atoms with Crippen LogP contribution in [0.1, 0.15) is 5.56 Å². The first-order valence-electron chi connectivity index (χ1n) is 6.04. The summed E-state index contributed by atoms with van der Waals surface area (Å²) in [6.07, 6.45) is 0.776. The maximum atomic E-state index is 12.3. The van der Waals surface area contributed by atoms with E-state index in [2.05, 4.69) is 17.4 Å². The molecule has 2 aliphatic heterocycles. The molecular weight excluding hydrogens is 248 g/mol. The van der Waals surface area contributed by atoms with Crippen molar-refractivity contribution in [2.75, 3.05) is 19.6 Å². The molecule has 1 aromatic carbocycles. The van der Waals surface area contributed by atoms with E-state index < -0.39 is 0 Å². The molecule has 5 heteroatoms. The summed E-state index contributed by atoms with van der Waals surface area (Å²) in [6.45, 7) is 1.39. The van der Waals surface area contributed by atoms with Crippen LogP contribution in [0.3, 0.4) is 0 Å². The smallest absolute Gasteiger partial charge is 0.239 e. The second-order valence-corrected chi connectivity index (χ2v) is 5.77. The van der Waals surface area contributed by atoms with Crippen molar-refractivity contribution in [3.05, 3.63) is 29.8 Å². The van der Waals surface area contributed by atoms with Gasteiger partial charge in [0.1, 0.15) is 0 Å². The molecule has 3 rings (SSSR count). The van der Waals surface area contributed by atoms with Gasteiger partial charge in [0.15, 0.2) is 0 Å². The molecule has 0 aromatic heterocycles. The van der Waals surface area contributed by atoms with Gasteiger partial charge < -0.3 is 10.2 Å². The zero-order valence-electron chi connectivity index (χ0n) is 9.89. The van der Waals surface area contributed by atoms with Crippen molar-refractivity contribution in [2.45, 2.75) is 16.6 Å². The molecule has 0 bridgehead atoms. The fraction of sp³-hybridized carbons (Fsp3) is 0.385. The number of hydrogen-bond acceptors (Lipinski definition) is 3. The van der Waals surface area contributed by atoms with Gasteiger partial charge in [-0.15, -0.1) is 11.8 Å². The Bertz CT molecular complexity index is 479. The maximum absolute atomic E-state index is 12.3. The first kappa shape index (κ1) is 11.6. The number of amides is 2. The predicted molar refractivity (Wildman–Crippen MR) is 69.4 cm³/mol. The molecule has 1 aromatic rings.